The molecule has 0 spiro atoms. The molecule has 0 bridgehead atoms. The Hall–Kier alpha value is -0.530. The maximum Gasteiger partial charge on any atom is 0.223 e. The van der Waals surface area contributed by atoms with E-state index in [1.54, 1.807) is 0 Å². The molecule has 1 aliphatic heterocycles. The normalized spacial score (nSPS) is 28.1. The van der Waals surface area contributed by atoms with Crippen molar-refractivity contribution in [1.29, 1.82) is 0 Å². The Kier molecular flexibility index (Phi) is 1.51. The lowest BCUT2D eigenvalue weighted by Gasteiger charge is -1.97. The first-order valence-corrected chi connectivity index (χ1v) is 3.12. The molecular formula is C6H11NO. The van der Waals surface area contributed by atoms with Gasteiger partial charge in [0.1, 0.15) is 0 Å². The van der Waals surface area contributed by atoms with Crippen molar-refractivity contribution in [1.82, 2.24) is 5.32 Å². The lowest BCUT2D eigenvalue weighted by molar-refractivity contribution is -0.122. The molecule has 1 aliphatic rings. The molecule has 1 atom stereocenters. The molecule has 1 amide bonds. The second kappa shape index (κ2) is 2.16. The van der Waals surface area contributed by atoms with Gasteiger partial charge in [-0.3, -0.25) is 4.79 Å². The summed E-state index contributed by atoms with van der Waals surface area (Å²) in [5.41, 5.74) is 0. The Labute approximate surface area is 49.3 Å². The zero-order valence-corrected chi connectivity index (χ0v) is 5.11. The Balaban J connectivity index is 2.42. The first kappa shape index (κ1) is 5.60. The molecule has 0 radical (unpaired) electrons. The number of hydrogen-bond acceptors (Lipinski definition) is 1. The summed E-state index contributed by atoms with van der Waals surface area (Å²) in [6.07, 6.45) is 2.03. The molecule has 1 heterocycles. The van der Waals surface area contributed by atoms with Crippen LogP contribution in [-0.2, 0) is 4.79 Å². The van der Waals surface area contributed by atoms with Crippen molar-refractivity contribution in [2.75, 3.05) is 6.54 Å². The number of carbonyl (C=O) groups is 1. The molecule has 1 N–H and O–H groups in total. The van der Waals surface area contributed by atoms with Gasteiger partial charge in [-0.1, -0.05) is 6.92 Å². The van der Waals surface area contributed by atoms with Crippen LogP contribution >= 0.6 is 0 Å². The first-order chi connectivity index (χ1) is 3.84. The highest BCUT2D eigenvalue weighted by Crippen LogP contribution is 2.11. The lowest BCUT2D eigenvalue weighted by Crippen LogP contribution is -2.18. The minimum Gasteiger partial charge on any atom is -0.356 e. The van der Waals surface area contributed by atoms with E-state index in [1.165, 1.54) is 0 Å². The highest BCUT2D eigenvalue weighted by atomic mass is 16.2. The molecule has 1 saturated heterocycles. The predicted octanol–water partition coefficient (Wildman–Crippen LogP) is 0.532. The van der Waals surface area contributed by atoms with E-state index in [9.17, 15) is 4.79 Å². The van der Waals surface area contributed by atoms with Crippen molar-refractivity contribution in [2.45, 2.75) is 19.8 Å². The molecule has 0 aliphatic carbocycles. The summed E-state index contributed by atoms with van der Waals surface area (Å²) >= 11 is 0. The number of carbonyl (C=O) groups excluding carboxylic acids is 1. The van der Waals surface area contributed by atoms with E-state index in [1.807, 2.05) is 0 Å². The van der Waals surface area contributed by atoms with Crippen molar-refractivity contribution in [3.05, 3.63) is 0 Å². The molecular weight excluding hydrogens is 102 g/mol. The quantitative estimate of drug-likeness (QED) is 0.528. The van der Waals surface area contributed by atoms with E-state index in [0.29, 0.717) is 5.92 Å². The summed E-state index contributed by atoms with van der Waals surface area (Å²) in [6.45, 7) is 2.94. The SMILES string of the molecule is CC[C@H]1CCNC1=O. The Morgan fingerprint density at radius 2 is 2.62 bits per heavy atom. The molecule has 0 saturated carbocycles. The van der Waals surface area contributed by atoms with Gasteiger partial charge in [0.2, 0.25) is 5.91 Å². The minimum absolute atomic E-state index is 0.243. The third kappa shape index (κ3) is 0.831. The molecule has 2 nitrogen and oxygen atoms in total. The topological polar surface area (TPSA) is 29.1 Å². The summed E-state index contributed by atoms with van der Waals surface area (Å²) in [6, 6.07) is 0. The third-order valence-corrected chi connectivity index (χ3v) is 1.66. The van der Waals surface area contributed by atoms with E-state index < -0.39 is 0 Å². The zero-order valence-electron chi connectivity index (χ0n) is 5.11. The number of rotatable bonds is 1. The Bertz CT molecular complexity index is 101. The van der Waals surface area contributed by atoms with Crippen LogP contribution in [0.3, 0.4) is 0 Å². The highest BCUT2D eigenvalue weighted by molar-refractivity contribution is 5.80. The highest BCUT2D eigenvalue weighted by Gasteiger charge is 2.20. The lowest BCUT2D eigenvalue weighted by atomic mass is 10.1. The molecule has 0 aromatic carbocycles. The van der Waals surface area contributed by atoms with Crippen LogP contribution in [0.4, 0.5) is 0 Å². The molecule has 1 rings (SSSR count). The second-order valence-corrected chi connectivity index (χ2v) is 2.18. The fraction of sp³-hybridized carbons (Fsp3) is 0.833. The maximum atomic E-state index is 10.7. The molecule has 1 fully saturated rings. The predicted molar refractivity (Wildman–Crippen MR) is 31.4 cm³/mol. The summed E-state index contributed by atoms with van der Waals surface area (Å²) in [7, 11) is 0. The average molecular weight is 113 g/mol. The average Bonchev–Trinajstić information content (AvgIpc) is 2.14. The van der Waals surface area contributed by atoms with Gasteiger partial charge in [0, 0.05) is 12.5 Å². The maximum absolute atomic E-state index is 10.7. The van der Waals surface area contributed by atoms with E-state index in [2.05, 4.69) is 12.2 Å². The molecule has 0 aromatic heterocycles. The van der Waals surface area contributed by atoms with Crippen molar-refractivity contribution >= 4 is 5.91 Å². The van der Waals surface area contributed by atoms with E-state index in [4.69, 9.17) is 0 Å². The van der Waals surface area contributed by atoms with Crippen molar-refractivity contribution in [2.24, 2.45) is 5.92 Å². The minimum atomic E-state index is 0.243. The van der Waals surface area contributed by atoms with Gasteiger partial charge in [0.05, 0.1) is 0 Å². The largest absolute Gasteiger partial charge is 0.356 e. The van der Waals surface area contributed by atoms with Gasteiger partial charge >= 0.3 is 0 Å². The van der Waals surface area contributed by atoms with Gasteiger partial charge in [-0.25, -0.2) is 0 Å². The number of hydrogen-bond donors (Lipinski definition) is 1. The van der Waals surface area contributed by atoms with Crippen LogP contribution in [0.25, 0.3) is 0 Å². The fourth-order valence-electron chi connectivity index (χ4n) is 1.03. The smallest absolute Gasteiger partial charge is 0.223 e. The van der Waals surface area contributed by atoms with E-state index >= 15 is 0 Å². The summed E-state index contributed by atoms with van der Waals surface area (Å²) in [5, 5.41) is 2.78. The molecule has 8 heavy (non-hydrogen) atoms. The van der Waals surface area contributed by atoms with Crippen LogP contribution in [0.2, 0.25) is 0 Å². The van der Waals surface area contributed by atoms with Crippen LogP contribution in [0.5, 0.6) is 0 Å². The Morgan fingerprint density at radius 1 is 1.88 bits per heavy atom. The van der Waals surface area contributed by atoms with Crippen molar-refractivity contribution in [3.8, 4) is 0 Å². The third-order valence-electron chi connectivity index (χ3n) is 1.66. The van der Waals surface area contributed by atoms with E-state index in [-0.39, 0.29) is 5.91 Å². The van der Waals surface area contributed by atoms with E-state index in [0.717, 1.165) is 19.4 Å². The van der Waals surface area contributed by atoms with Gasteiger partial charge < -0.3 is 5.32 Å². The number of nitrogens with one attached hydrogen (secondary N) is 1. The first-order valence-electron chi connectivity index (χ1n) is 3.12. The summed E-state index contributed by atoms with van der Waals surface area (Å²) < 4.78 is 0. The van der Waals surface area contributed by atoms with Gasteiger partial charge in [0.15, 0.2) is 0 Å². The second-order valence-electron chi connectivity index (χ2n) is 2.18. The summed E-state index contributed by atoms with van der Waals surface area (Å²) in [5.74, 6) is 0.558. The van der Waals surface area contributed by atoms with Gasteiger partial charge in [-0.05, 0) is 12.8 Å². The fourth-order valence-corrected chi connectivity index (χ4v) is 1.03. The molecule has 2 heteroatoms. The van der Waals surface area contributed by atoms with Crippen LogP contribution in [0, 0.1) is 5.92 Å². The Morgan fingerprint density at radius 3 is 2.88 bits per heavy atom. The molecule has 0 unspecified atom stereocenters. The van der Waals surface area contributed by atoms with Gasteiger partial charge in [-0.15, -0.1) is 0 Å². The van der Waals surface area contributed by atoms with Crippen LogP contribution in [-0.4, -0.2) is 12.5 Å². The molecule has 0 aromatic rings. The standard InChI is InChI=1S/C6H11NO/c1-2-5-3-4-7-6(5)8/h5H,2-4H2,1H3,(H,7,8)/t5-/m0/s1. The van der Waals surface area contributed by atoms with Crippen LogP contribution in [0.1, 0.15) is 19.8 Å². The van der Waals surface area contributed by atoms with Crippen LogP contribution < -0.4 is 5.32 Å². The van der Waals surface area contributed by atoms with Crippen molar-refractivity contribution < 1.29 is 4.79 Å². The van der Waals surface area contributed by atoms with Crippen molar-refractivity contribution in [3.63, 3.8) is 0 Å². The van der Waals surface area contributed by atoms with Crippen LogP contribution in [0.15, 0.2) is 0 Å². The molecule has 46 valence electrons. The summed E-state index contributed by atoms with van der Waals surface area (Å²) in [4.78, 5) is 10.7. The monoisotopic (exact) mass is 113 g/mol. The zero-order chi connectivity index (χ0) is 5.98. The van der Waals surface area contributed by atoms with Gasteiger partial charge in [0.25, 0.3) is 0 Å². The van der Waals surface area contributed by atoms with Gasteiger partial charge in [-0.2, -0.15) is 0 Å². The number of amides is 1.